The SMILES string of the molecule is COCCN(CCO)C(=O)N1CCOCC1C(=O)O. The van der Waals surface area contributed by atoms with E-state index in [-0.39, 0.29) is 26.3 Å². The molecule has 1 rings (SSSR count). The molecule has 8 nitrogen and oxygen atoms in total. The van der Waals surface area contributed by atoms with Crippen LogP contribution < -0.4 is 0 Å². The molecule has 0 aliphatic carbocycles. The Morgan fingerprint density at radius 1 is 1.47 bits per heavy atom. The fourth-order valence-electron chi connectivity index (χ4n) is 1.84. The monoisotopic (exact) mass is 276 g/mol. The maximum atomic E-state index is 12.3. The number of carboxylic acid groups (broad SMARTS) is 1. The third-order valence-corrected chi connectivity index (χ3v) is 2.86. The summed E-state index contributed by atoms with van der Waals surface area (Å²) in [5, 5.41) is 18.0. The van der Waals surface area contributed by atoms with Crippen molar-refractivity contribution in [2.45, 2.75) is 6.04 Å². The number of carbonyl (C=O) groups excluding carboxylic acids is 1. The largest absolute Gasteiger partial charge is 0.480 e. The highest BCUT2D eigenvalue weighted by atomic mass is 16.5. The Labute approximate surface area is 111 Å². The van der Waals surface area contributed by atoms with Crippen molar-refractivity contribution in [3.05, 3.63) is 0 Å². The molecule has 0 spiro atoms. The molecule has 1 unspecified atom stereocenters. The second kappa shape index (κ2) is 7.93. The molecule has 1 atom stereocenters. The molecule has 0 aromatic rings. The molecule has 2 amide bonds. The van der Waals surface area contributed by atoms with Gasteiger partial charge in [0.15, 0.2) is 6.04 Å². The van der Waals surface area contributed by atoms with E-state index in [1.807, 2.05) is 0 Å². The second-order valence-corrected chi connectivity index (χ2v) is 4.11. The molecular formula is C11H20N2O6. The predicted octanol–water partition coefficient (Wildman–Crippen LogP) is -1.17. The number of rotatable bonds is 6. The van der Waals surface area contributed by atoms with Crippen molar-refractivity contribution in [3.8, 4) is 0 Å². The first kappa shape index (κ1) is 15.7. The van der Waals surface area contributed by atoms with Crippen molar-refractivity contribution < 1.29 is 29.3 Å². The minimum atomic E-state index is -1.09. The van der Waals surface area contributed by atoms with Gasteiger partial charge in [0.05, 0.1) is 26.4 Å². The van der Waals surface area contributed by atoms with Crippen LogP contribution in [0.2, 0.25) is 0 Å². The van der Waals surface area contributed by atoms with Crippen LogP contribution in [-0.2, 0) is 14.3 Å². The molecule has 0 saturated carbocycles. The Balaban J connectivity index is 2.71. The van der Waals surface area contributed by atoms with Gasteiger partial charge in [-0.15, -0.1) is 0 Å². The normalized spacial score (nSPS) is 19.3. The van der Waals surface area contributed by atoms with Gasteiger partial charge in [-0.2, -0.15) is 0 Å². The summed E-state index contributed by atoms with van der Waals surface area (Å²) >= 11 is 0. The Kier molecular flexibility index (Phi) is 6.54. The van der Waals surface area contributed by atoms with Gasteiger partial charge in [-0.05, 0) is 0 Å². The van der Waals surface area contributed by atoms with Crippen molar-refractivity contribution in [2.75, 3.05) is 53.2 Å². The molecule has 19 heavy (non-hydrogen) atoms. The third kappa shape index (κ3) is 4.34. The molecule has 0 aromatic carbocycles. The lowest BCUT2D eigenvalue weighted by Gasteiger charge is -2.36. The number of aliphatic carboxylic acids is 1. The number of hydrogen-bond donors (Lipinski definition) is 2. The van der Waals surface area contributed by atoms with Crippen molar-refractivity contribution in [3.63, 3.8) is 0 Å². The van der Waals surface area contributed by atoms with Crippen LogP contribution in [0.25, 0.3) is 0 Å². The number of methoxy groups -OCH3 is 1. The van der Waals surface area contributed by atoms with E-state index < -0.39 is 18.0 Å². The molecule has 8 heteroatoms. The van der Waals surface area contributed by atoms with E-state index in [9.17, 15) is 9.59 Å². The average molecular weight is 276 g/mol. The molecule has 1 aliphatic rings. The fraction of sp³-hybridized carbons (Fsp3) is 0.818. The first-order valence-electron chi connectivity index (χ1n) is 6.07. The van der Waals surface area contributed by atoms with Crippen LogP contribution in [0, 0.1) is 0 Å². The van der Waals surface area contributed by atoms with Crippen LogP contribution in [0.5, 0.6) is 0 Å². The zero-order valence-corrected chi connectivity index (χ0v) is 10.9. The lowest BCUT2D eigenvalue weighted by Crippen LogP contribution is -2.57. The van der Waals surface area contributed by atoms with Gasteiger partial charge in [-0.3, -0.25) is 0 Å². The first-order chi connectivity index (χ1) is 9.11. The summed E-state index contributed by atoms with van der Waals surface area (Å²) in [7, 11) is 1.51. The average Bonchev–Trinajstić information content (AvgIpc) is 2.42. The number of hydrogen-bond acceptors (Lipinski definition) is 5. The molecule has 2 N–H and O–H groups in total. The number of amides is 2. The van der Waals surface area contributed by atoms with Gasteiger partial charge in [-0.1, -0.05) is 0 Å². The molecule has 1 heterocycles. The Bertz CT molecular complexity index is 312. The number of urea groups is 1. The van der Waals surface area contributed by atoms with Crippen LogP contribution >= 0.6 is 0 Å². The highest BCUT2D eigenvalue weighted by Crippen LogP contribution is 2.10. The Morgan fingerprint density at radius 2 is 2.21 bits per heavy atom. The number of carbonyl (C=O) groups is 2. The first-order valence-corrected chi connectivity index (χ1v) is 6.07. The molecule has 110 valence electrons. The number of aliphatic hydroxyl groups excluding tert-OH is 1. The van der Waals surface area contributed by atoms with E-state index in [1.54, 1.807) is 0 Å². The fourth-order valence-corrected chi connectivity index (χ4v) is 1.84. The topological polar surface area (TPSA) is 99.5 Å². The summed E-state index contributed by atoms with van der Waals surface area (Å²) in [4.78, 5) is 26.0. The minimum Gasteiger partial charge on any atom is -0.480 e. The zero-order chi connectivity index (χ0) is 14.3. The highest BCUT2D eigenvalue weighted by molar-refractivity contribution is 5.83. The third-order valence-electron chi connectivity index (χ3n) is 2.86. The summed E-state index contributed by atoms with van der Waals surface area (Å²) in [6.45, 7) is 1.12. The maximum absolute atomic E-state index is 12.3. The lowest BCUT2D eigenvalue weighted by molar-refractivity contribution is -0.147. The van der Waals surface area contributed by atoms with Gasteiger partial charge in [0, 0.05) is 26.7 Å². The van der Waals surface area contributed by atoms with Crippen LogP contribution in [0.1, 0.15) is 0 Å². The summed E-state index contributed by atoms with van der Waals surface area (Å²) in [5.41, 5.74) is 0. The quantitative estimate of drug-likeness (QED) is 0.634. The Hall–Kier alpha value is -1.38. The van der Waals surface area contributed by atoms with Crippen LogP contribution in [-0.4, -0.2) is 91.2 Å². The second-order valence-electron chi connectivity index (χ2n) is 4.11. The van der Waals surface area contributed by atoms with Crippen molar-refractivity contribution in [1.29, 1.82) is 0 Å². The van der Waals surface area contributed by atoms with Crippen LogP contribution in [0.15, 0.2) is 0 Å². The van der Waals surface area contributed by atoms with E-state index in [4.69, 9.17) is 19.7 Å². The van der Waals surface area contributed by atoms with E-state index >= 15 is 0 Å². The van der Waals surface area contributed by atoms with Crippen molar-refractivity contribution >= 4 is 12.0 Å². The summed E-state index contributed by atoms with van der Waals surface area (Å²) in [6, 6.07) is -1.40. The molecule has 1 fully saturated rings. The summed E-state index contributed by atoms with van der Waals surface area (Å²) < 4.78 is 9.97. The summed E-state index contributed by atoms with van der Waals surface area (Å²) in [6.07, 6.45) is 0. The molecule has 1 aliphatic heterocycles. The Morgan fingerprint density at radius 3 is 2.79 bits per heavy atom. The molecule has 0 bridgehead atoms. The number of nitrogens with zero attached hydrogens (tertiary/aromatic N) is 2. The maximum Gasteiger partial charge on any atom is 0.328 e. The van der Waals surface area contributed by atoms with Crippen molar-refractivity contribution in [1.82, 2.24) is 9.80 Å². The van der Waals surface area contributed by atoms with E-state index in [0.717, 1.165) is 0 Å². The van der Waals surface area contributed by atoms with Gasteiger partial charge in [0.25, 0.3) is 0 Å². The minimum absolute atomic E-state index is 0.0156. The molecular weight excluding hydrogens is 256 g/mol. The number of morpholine rings is 1. The highest BCUT2D eigenvalue weighted by Gasteiger charge is 2.34. The van der Waals surface area contributed by atoms with E-state index in [1.165, 1.54) is 16.9 Å². The molecule has 0 radical (unpaired) electrons. The zero-order valence-electron chi connectivity index (χ0n) is 10.9. The number of carboxylic acids is 1. The number of aliphatic hydroxyl groups is 1. The smallest absolute Gasteiger partial charge is 0.328 e. The van der Waals surface area contributed by atoms with Gasteiger partial charge < -0.3 is 29.5 Å². The van der Waals surface area contributed by atoms with E-state index in [2.05, 4.69) is 0 Å². The van der Waals surface area contributed by atoms with Crippen molar-refractivity contribution in [2.24, 2.45) is 0 Å². The van der Waals surface area contributed by atoms with Crippen LogP contribution in [0.4, 0.5) is 4.79 Å². The predicted molar refractivity (Wildman–Crippen MR) is 64.9 cm³/mol. The number of ether oxygens (including phenoxy) is 2. The van der Waals surface area contributed by atoms with Gasteiger partial charge in [-0.25, -0.2) is 9.59 Å². The summed E-state index contributed by atoms with van der Waals surface area (Å²) in [5.74, 6) is -1.09. The standard InChI is InChI=1S/C11H20N2O6/c1-18-6-3-12(2-5-14)11(17)13-4-7-19-8-9(13)10(15)16/h9,14H,2-8H2,1H3,(H,15,16). The molecule has 0 aromatic heterocycles. The van der Waals surface area contributed by atoms with Crippen LogP contribution in [0.3, 0.4) is 0 Å². The van der Waals surface area contributed by atoms with Gasteiger partial charge >= 0.3 is 12.0 Å². The van der Waals surface area contributed by atoms with E-state index in [0.29, 0.717) is 19.8 Å². The van der Waals surface area contributed by atoms with Gasteiger partial charge in [0.2, 0.25) is 0 Å². The van der Waals surface area contributed by atoms with Gasteiger partial charge in [0.1, 0.15) is 0 Å². The lowest BCUT2D eigenvalue weighted by atomic mass is 10.2. The molecule has 1 saturated heterocycles.